The van der Waals surface area contributed by atoms with E-state index < -0.39 is 0 Å². The third kappa shape index (κ3) is 5.48. The second-order valence-corrected chi connectivity index (χ2v) is 6.76. The van der Waals surface area contributed by atoms with Crippen LogP contribution in [0.4, 0.5) is 11.4 Å². The van der Waals surface area contributed by atoms with Gasteiger partial charge in [0.15, 0.2) is 0 Å². The van der Waals surface area contributed by atoms with Crippen molar-refractivity contribution in [3.05, 3.63) is 59.6 Å². The van der Waals surface area contributed by atoms with Gasteiger partial charge in [0.05, 0.1) is 0 Å². The monoisotopic (exact) mass is 357 g/mol. The molecule has 0 bridgehead atoms. The predicted molar refractivity (Wildman–Crippen MR) is 104 cm³/mol. The van der Waals surface area contributed by atoms with Crippen molar-refractivity contribution in [2.24, 2.45) is 0 Å². The predicted octanol–water partition coefficient (Wildman–Crippen LogP) is 3.88. The third-order valence-corrected chi connectivity index (χ3v) is 4.74. The van der Waals surface area contributed by atoms with Crippen LogP contribution in [0, 0.1) is 0 Å². The Kier molecular flexibility index (Phi) is 6.31. The van der Waals surface area contributed by atoms with Crippen molar-refractivity contribution in [3.8, 4) is 0 Å². The van der Waals surface area contributed by atoms with E-state index in [0.29, 0.717) is 11.4 Å². The summed E-state index contributed by atoms with van der Waals surface area (Å²) in [5.41, 5.74) is 2.07. The van der Waals surface area contributed by atoms with Crippen LogP contribution >= 0.6 is 11.6 Å². The minimum Gasteiger partial charge on any atom is -0.370 e. The van der Waals surface area contributed by atoms with E-state index in [1.807, 2.05) is 18.2 Å². The van der Waals surface area contributed by atoms with Crippen LogP contribution in [0.1, 0.15) is 12.8 Å². The molecule has 25 heavy (non-hydrogen) atoms. The molecule has 132 valence electrons. The molecule has 1 fully saturated rings. The largest absolute Gasteiger partial charge is 0.370 e. The first-order valence-corrected chi connectivity index (χ1v) is 9.16. The number of hydrogen-bond acceptors (Lipinski definition) is 3. The van der Waals surface area contributed by atoms with Gasteiger partial charge in [0.25, 0.3) is 0 Å². The maximum Gasteiger partial charge on any atom is 0.225 e. The van der Waals surface area contributed by atoms with E-state index in [0.717, 1.165) is 44.8 Å². The molecule has 3 rings (SSSR count). The summed E-state index contributed by atoms with van der Waals surface area (Å²) in [5, 5.41) is 3.60. The Morgan fingerprint density at radius 3 is 2.48 bits per heavy atom. The van der Waals surface area contributed by atoms with Crippen LogP contribution < -0.4 is 10.2 Å². The van der Waals surface area contributed by atoms with Gasteiger partial charge in [-0.25, -0.2) is 0 Å². The molecule has 2 aromatic carbocycles. The lowest BCUT2D eigenvalue weighted by Gasteiger charge is -2.23. The van der Waals surface area contributed by atoms with Crippen LogP contribution in [0.3, 0.4) is 0 Å². The minimum absolute atomic E-state index is 0.0477. The van der Waals surface area contributed by atoms with Gasteiger partial charge in [-0.05, 0) is 49.4 Å². The number of para-hydroxylation sites is 1. The molecule has 0 saturated carbocycles. The maximum atomic E-state index is 12.1. The number of nitrogens with one attached hydrogen (secondary N) is 1. The van der Waals surface area contributed by atoms with Crippen molar-refractivity contribution in [1.29, 1.82) is 0 Å². The zero-order chi connectivity index (χ0) is 17.5. The highest BCUT2D eigenvalue weighted by atomic mass is 35.5. The Labute approximate surface area is 154 Å². The number of amides is 1. The quantitative estimate of drug-likeness (QED) is 0.882. The van der Waals surface area contributed by atoms with E-state index in [-0.39, 0.29) is 5.91 Å². The zero-order valence-electron chi connectivity index (χ0n) is 14.3. The Balaban J connectivity index is 1.44. The van der Waals surface area contributed by atoms with Crippen molar-refractivity contribution in [3.63, 3.8) is 0 Å². The van der Waals surface area contributed by atoms with Gasteiger partial charge in [-0.1, -0.05) is 29.8 Å². The number of carbonyl (C=O) groups is 1. The van der Waals surface area contributed by atoms with Gasteiger partial charge in [-0.15, -0.1) is 0 Å². The van der Waals surface area contributed by atoms with E-state index in [4.69, 9.17) is 11.6 Å². The lowest BCUT2D eigenvalue weighted by atomic mass is 10.3. The van der Waals surface area contributed by atoms with Crippen molar-refractivity contribution < 1.29 is 4.79 Å². The van der Waals surface area contributed by atoms with E-state index in [9.17, 15) is 4.79 Å². The maximum absolute atomic E-state index is 12.1. The summed E-state index contributed by atoms with van der Waals surface area (Å²) in [5.74, 6) is 0.0477. The van der Waals surface area contributed by atoms with Gasteiger partial charge in [0.1, 0.15) is 0 Å². The smallest absolute Gasteiger partial charge is 0.225 e. The van der Waals surface area contributed by atoms with Crippen LogP contribution in [0.25, 0.3) is 0 Å². The SMILES string of the molecule is O=C(CCN1CCCN(c2ccccc2)CC1)Nc1ccc(Cl)cc1. The standard InChI is InChI=1S/C20H24ClN3O/c21-17-7-9-18(10-8-17)22-20(25)11-14-23-12-4-13-24(16-15-23)19-5-2-1-3-6-19/h1-3,5-10H,4,11-16H2,(H,22,25). The summed E-state index contributed by atoms with van der Waals surface area (Å²) < 4.78 is 0. The molecule has 0 aliphatic carbocycles. The van der Waals surface area contributed by atoms with E-state index in [2.05, 4.69) is 39.4 Å². The van der Waals surface area contributed by atoms with Crippen LogP contribution in [-0.4, -0.2) is 43.5 Å². The molecule has 1 saturated heterocycles. The summed E-state index contributed by atoms with van der Waals surface area (Å²) in [7, 11) is 0. The average molecular weight is 358 g/mol. The van der Waals surface area contributed by atoms with Crippen LogP contribution in [0.15, 0.2) is 54.6 Å². The number of rotatable bonds is 5. The fourth-order valence-electron chi connectivity index (χ4n) is 3.11. The molecule has 5 heteroatoms. The van der Waals surface area contributed by atoms with Crippen molar-refractivity contribution >= 4 is 28.9 Å². The number of hydrogen-bond donors (Lipinski definition) is 1. The molecule has 4 nitrogen and oxygen atoms in total. The lowest BCUT2D eigenvalue weighted by molar-refractivity contribution is -0.116. The van der Waals surface area contributed by atoms with Gasteiger partial charge >= 0.3 is 0 Å². The molecule has 1 N–H and O–H groups in total. The molecule has 0 atom stereocenters. The fraction of sp³-hybridized carbons (Fsp3) is 0.350. The summed E-state index contributed by atoms with van der Waals surface area (Å²) in [6, 6.07) is 17.7. The van der Waals surface area contributed by atoms with Crippen LogP contribution in [0.5, 0.6) is 0 Å². The molecule has 0 aromatic heterocycles. The molecule has 1 amide bonds. The van der Waals surface area contributed by atoms with Crippen molar-refractivity contribution in [2.45, 2.75) is 12.8 Å². The van der Waals surface area contributed by atoms with Gasteiger partial charge in [-0.2, -0.15) is 0 Å². The first-order chi connectivity index (χ1) is 12.2. The Morgan fingerprint density at radius 1 is 0.960 bits per heavy atom. The topological polar surface area (TPSA) is 35.6 Å². The van der Waals surface area contributed by atoms with E-state index >= 15 is 0 Å². The van der Waals surface area contributed by atoms with Gasteiger partial charge < -0.3 is 15.1 Å². The molecule has 1 heterocycles. The van der Waals surface area contributed by atoms with Gasteiger partial charge in [0, 0.05) is 49.0 Å². The second-order valence-electron chi connectivity index (χ2n) is 6.32. The van der Waals surface area contributed by atoms with Gasteiger partial charge in [-0.3, -0.25) is 4.79 Å². The molecule has 0 unspecified atom stereocenters. The molecule has 0 radical (unpaired) electrons. The number of carbonyl (C=O) groups excluding carboxylic acids is 1. The van der Waals surface area contributed by atoms with Crippen LogP contribution in [0.2, 0.25) is 5.02 Å². The number of anilines is 2. The summed E-state index contributed by atoms with van der Waals surface area (Å²) >= 11 is 5.86. The lowest BCUT2D eigenvalue weighted by Crippen LogP contribution is -2.32. The normalized spacial score (nSPS) is 15.6. The first kappa shape index (κ1) is 17.8. The summed E-state index contributed by atoms with van der Waals surface area (Å²) in [6.45, 7) is 4.89. The third-order valence-electron chi connectivity index (χ3n) is 4.49. The zero-order valence-corrected chi connectivity index (χ0v) is 15.1. The Morgan fingerprint density at radius 2 is 1.72 bits per heavy atom. The van der Waals surface area contributed by atoms with Crippen molar-refractivity contribution in [2.75, 3.05) is 42.9 Å². The Hall–Kier alpha value is -2.04. The second kappa shape index (κ2) is 8.88. The Bertz CT molecular complexity index is 675. The molecule has 1 aliphatic heterocycles. The van der Waals surface area contributed by atoms with Crippen molar-refractivity contribution in [1.82, 2.24) is 4.90 Å². The number of nitrogens with zero attached hydrogens (tertiary/aromatic N) is 2. The molecular formula is C20H24ClN3O. The van der Waals surface area contributed by atoms with Gasteiger partial charge in [0.2, 0.25) is 5.91 Å². The first-order valence-electron chi connectivity index (χ1n) is 8.78. The number of halogens is 1. The van der Waals surface area contributed by atoms with Crippen LogP contribution in [-0.2, 0) is 4.79 Å². The minimum atomic E-state index is 0.0477. The summed E-state index contributed by atoms with van der Waals surface area (Å²) in [4.78, 5) is 16.9. The highest BCUT2D eigenvalue weighted by molar-refractivity contribution is 6.30. The molecule has 2 aromatic rings. The molecular weight excluding hydrogens is 334 g/mol. The van der Waals surface area contributed by atoms with E-state index in [1.54, 1.807) is 12.1 Å². The molecule has 1 aliphatic rings. The van der Waals surface area contributed by atoms with E-state index in [1.165, 1.54) is 5.69 Å². The highest BCUT2D eigenvalue weighted by Crippen LogP contribution is 2.16. The number of benzene rings is 2. The molecule has 0 spiro atoms. The highest BCUT2D eigenvalue weighted by Gasteiger charge is 2.15. The summed E-state index contributed by atoms with van der Waals surface area (Å²) in [6.07, 6.45) is 1.63. The average Bonchev–Trinajstić information content (AvgIpc) is 2.88. The fourth-order valence-corrected chi connectivity index (χ4v) is 3.23.